The van der Waals surface area contributed by atoms with Gasteiger partial charge in [-0.15, -0.1) is 0 Å². The van der Waals surface area contributed by atoms with Crippen LogP contribution in [0, 0.1) is 5.41 Å². The van der Waals surface area contributed by atoms with Crippen molar-refractivity contribution >= 4 is 11.8 Å². The molecule has 3 N–H and O–H groups in total. The van der Waals surface area contributed by atoms with Crippen molar-refractivity contribution in [3.63, 3.8) is 0 Å². The Labute approximate surface area is 115 Å². The summed E-state index contributed by atoms with van der Waals surface area (Å²) in [7, 11) is 0. The van der Waals surface area contributed by atoms with Gasteiger partial charge in [0.2, 0.25) is 5.95 Å². The molecule has 0 atom stereocenters. The van der Waals surface area contributed by atoms with Crippen LogP contribution in [-0.4, -0.2) is 23.1 Å². The quantitative estimate of drug-likeness (QED) is 0.646. The Morgan fingerprint density at radius 1 is 1.25 bits per heavy atom. The molecular formula is C12H18F3N5. The maximum absolute atomic E-state index is 12.8. The number of hydrogen-bond donors (Lipinski definition) is 2. The van der Waals surface area contributed by atoms with Crippen LogP contribution in [0.1, 0.15) is 32.4 Å². The molecule has 0 radical (unpaired) electrons. The fourth-order valence-electron chi connectivity index (χ4n) is 2.15. The minimum atomic E-state index is -4.52. The van der Waals surface area contributed by atoms with Crippen molar-refractivity contribution in [3.8, 4) is 0 Å². The minimum absolute atomic E-state index is 0.214. The lowest BCUT2D eigenvalue weighted by Gasteiger charge is -2.37. The Hall–Kier alpha value is -1.57. The zero-order valence-electron chi connectivity index (χ0n) is 11.5. The van der Waals surface area contributed by atoms with Gasteiger partial charge in [0.1, 0.15) is 5.82 Å². The molecule has 0 saturated carbocycles. The fraction of sp³-hybridized carbons (Fsp3) is 0.667. The average Bonchev–Trinajstić information content (AvgIpc) is 2.37. The Balaban J connectivity index is 2.28. The van der Waals surface area contributed by atoms with Gasteiger partial charge >= 0.3 is 6.18 Å². The van der Waals surface area contributed by atoms with Crippen molar-refractivity contribution < 1.29 is 13.2 Å². The normalized spacial score (nSPS) is 19.0. The van der Waals surface area contributed by atoms with Crippen LogP contribution >= 0.6 is 0 Å². The summed E-state index contributed by atoms with van der Waals surface area (Å²) in [6.45, 7) is 5.65. The van der Waals surface area contributed by atoms with E-state index in [2.05, 4.69) is 29.2 Å². The minimum Gasteiger partial charge on any atom is -0.356 e. The molecule has 0 amide bonds. The van der Waals surface area contributed by atoms with E-state index in [1.807, 2.05) is 4.90 Å². The average molecular weight is 289 g/mol. The standard InChI is InChI=1S/C12H18F3N5/c1-11(2)3-5-20(6-4-11)9-7-8(12(13,14)15)17-10(18-9)19-16/h7H,3-6,16H2,1-2H3,(H,17,18,19). The van der Waals surface area contributed by atoms with E-state index < -0.39 is 11.9 Å². The van der Waals surface area contributed by atoms with Gasteiger partial charge in [0.05, 0.1) is 0 Å². The van der Waals surface area contributed by atoms with Crippen LogP contribution in [0.5, 0.6) is 0 Å². The Morgan fingerprint density at radius 2 is 1.85 bits per heavy atom. The predicted molar refractivity (Wildman–Crippen MR) is 70.1 cm³/mol. The molecule has 5 nitrogen and oxygen atoms in total. The third-order valence-electron chi connectivity index (χ3n) is 3.57. The summed E-state index contributed by atoms with van der Waals surface area (Å²) in [4.78, 5) is 9.20. The first-order valence-corrected chi connectivity index (χ1v) is 6.39. The highest BCUT2D eigenvalue weighted by Crippen LogP contribution is 2.34. The molecule has 8 heteroatoms. The number of rotatable bonds is 2. The van der Waals surface area contributed by atoms with Crippen molar-refractivity contribution in [1.29, 1.82) is 0 Å². The second-order valence-electron chi connectivity index (χ2n) is 5.73. The molecule has 0 unspecified atom stereocenters. The van der Waals surface area contributed by atoms with E-state index >= 15 is 0 Å². The number of nitrogens with zero attached hydrogens (tertiary/aromatic N) is 3. The van der Waals surface area contributed by atoms with Crippen molar-refractivity contribution in [2.75, 3.05) is 23.4 Å². The van der Waals surface area contributed by atoms with Gasteiger partial charge < -0.3 is 4.90 Å². The maximum atomic E-state index is 12.8. The van der Waals surface area contributed by atoms with Crippen LogP contribution < -0.4 is 16.2 Å². The van der Waals surface area contributed by atoms with Crippen LogP contribution in [0.25, 0.3) is 0 Å². The highest BCUT2D eigenvalue weighted by molar-refractivity contribution is 5.45. The van der Waals surface area contributed by atoms with E-state index in [9.17, 15) is 13.2 Å². The van der Waals surface area contributed by atoms with Gasteiger partial charge in [0.25, 0.3) is 0 Å². The summed E-state index contributed by atoms with van der Waals surface area (Å²) in [5, 5.41) is 0. The topological polar surface area (TPSA) is 67.1 Å². The van der Waals surface area contributed by atoms with Gasteiger partial charge in [-0.25, -0.2) is 10.8 Å². The summed E-state index contributed by atoms with van der Waals surface area (Å²) in [5.74, 6) is 5.18. The summed E-state index contributed by atoms with van der Waals surface area (Å²) < 4.78 is 38.4. The number of piperidine rings is 1. The molecule has 0 aliphatic carbocycles. The maximum Gasteiger partial charge on any atom is 0.433 e. The van der Waals surface area contributed by atoms with E-state index in [0.717, 1.165) is 18.9 Å². The number of hydrogen-bond acceptors (Lipinski definition) is 5. The molecule has 1 aliphatic heterocycles. The van der Waals surface area contributed by atoms with Gasteiger partial charge in [-0.05, 0) is 18.3 Å². The first-order chi connectivity index (χ1) is 9.21. The molecule has 1 fully saturated rings. The summed E-state index contributed by atoms with van der Waals surface area (Å²) in [6.07, 6.45) is -2.70. The highest BCUT2D eigenvalue weighted by Gasteiger charge is 2.35. The van der Waals surface area contributed by atoms with E-state index in [4.69, 9.17) is 5.84 Å². The van der Waals surface area contributed by atoms with Crippen molar-refractivity contribution in [2.24, 2.45) is 11.3 Å². The molecule has 20 heavy (non-hydrogen) atoms. The number of aromatic nitrogens is 2. The third kappa shape index (κ3) is 3.30. The van der Waals surface area contributed by atoms with Crippen molar-refractivity contribution in [3.05, 3.63) is 11.8 Å². The number of anilines is 2. The molecule has 0 aromatic carbocycles. The predicted octanol–water partition coefficient (Wildman–Crippen LogP) is 2.41. The van der Waals surface area contributed by atoms with Crippen LogP contribution in [0.15, 0.2) is 6.07 Å². The highest BCUT2D eigenvalue weighted by atomic mass is 19.4. The zero-order valence-corrected chi connectivity index (χ0v) is 11.5. The molecule has 1 aliphatic rings. The molecular weight excluding hydrogens is 271 g/mol. The molecule has 112 valence electrons. The third-order valence-corrected chi connectivity index (χ3v) is 3.57. The van der Waals surface area contributed by atoms with Crippen molar-refractivity contribution in [2.45, 2.75) is 32.9 Å². The van der Waals surface area contributed by atoms with E-state index in [1.165, 1.54) is 0 Å². The number of nitrogen functional groups attached to an aromatic ring is 1. The van der Waals surface area contributed by atoms with Gasteiger partial charge in [-0.1, -0.05) is 13.8 Å². The molecule has 2 heterocycles. The fourth-order valence-corrected chi connectivity index (χ4v) is 2.15. The number of nitrogens with two attached hydrogens (primary N) is 1. The van der Waals surface area contributed by atoms with Gasteiger partial charge in [-0.2, -0.15) is 18.2 Å². The van der Waals surface area contributed by atoms with Gasteiger partial charge in [0, 0.05) is 19.2 Å². The Morgan fingerprint density at radius 3 is 2.35 bits per heavy atom. The lowest BCUT2D eigenvalue weighted by atomic mass is 9.83. The second kappa shape index (κ2) is 5.08. The lowest BCUT2D eigenvalue weighted by Crippen LogP contribution is -2.38. The molecule has 1 aromatic rings. The Bertz CT molecular complexity index is 476. The van der Waals surface area contributed by atoms with Crippen molar-refractivity contribution in [1.82, 2.24) is 9.97 Å². The van der Waals surface area contributed by atoms with E-state index in [-0.39, 0.29) is 17.2 Å². The molecule has 0 bridgehead atoms. The van der Waals surface area contributed by atoms with Crippen LogP contribution in [0.4, 0.5) is 24.9 Å². The second-order valence-corrected chi connectivity index (χ2v) is 5.73. The summed E-state index contributed by atoms with van der Waals surface area (Å²) in [5.41, 5.74) is 1.31. The molecule has 1 saturated heterocycles. The van der Waals surface area contributed by atoms with E-state index in [1.54, 1.807) is 0 Å². The lowest BCUT2D eigenvalue weighted by molar-refractivity contribution is -0.141. The van der Waals surface area contributed by atoms with Crippen LogP contribution in [0.3, 0.4) is 0 Å². The number of alkyl halides is 3. The monoisotopic (exact) mass is 289 g/mol. The first-order valence-electron chi connectivity index (χ1n) is 6.39. The summed E-state index contributed by atoms with van der Waals surface area (Å²) >= 11 is 0. The smallest absolute Gasteiger partial charge is 0.356 e. The number of halogens is 3. The number of hydrazine groups is 1. The van der Waals surface area contributed by atoms with Gasteiger partial charge in [0.15, 0.2) is 5.69 Å². The molecule has 1 aromatic heterocycles. The summed E-state index contributed by atoms with van der Waals surface area (Å²) in [6, 6.07) is 0.971. The van der Waals surface area contributed by atoms with Crippen LogP contribution in [0.2, 0.25) is 0 Å². The first kappa shape index (κ1) is 14.8. The SMILES string of the molecule is CC1(C)CCN(c2cc(C(F)(F)F)nc(NN)n2)CC1. The van der Waals surface area contributed by atoms with Gasteiger partial charge in [-0.3, -0.25) is 5.43 Å². The van der Waals surface area contributed by atoms with E-state index in [0.29, 0.717) is 13.1 Å². The largest absolute Gasteiger partial charge is 0.433 e. The Kier molecular flexibility index (Phi) is 3.77. The zero-order chi connectivity index (χ0) is 15.0. The molecule has 2 rings (SSSR count). The van der Waals surface area contributed by atoms with Crippen LogP contribution in [-0.2, 0) is 6.18 Å². The number of nitrogens with one attached hydrogen (secondary N) is 1. The molecule has 0 spiro atoms.